The van der Waals surface area contributed by atoms with Crippen LogP contribution in [-0.2, 0) is 18.4 Å². The summed E-state index contributed by atoms with van der Waals surface area (Å²) in [6.45, 7) is 7.31. The Bertz CT molecular complexity index is 407. The normalized spacial score (nSPS) is 31.9. The maximum absolute atomic E-state index is 12.7. The van der Waals surface area contributed by atoms with Crippen molar-refractivity contribution in [2.45, 2.75) is 56.4 Å². The average molecular weight is 316 g/mol. The van der Waals surface area contributed by atoms with Crippen LogP contribution >= 0.6 is 0 Å². The highest BCUT2D eigenvalue weighted by Gasteiger charge is 2.71. The molecule has 0 aromatic carbocycles. The fourth-order valence-corrected chi connectivity index (χ4v) is 7.83. The van der Waals surface area contributed by atoms with Gasteiger partial charge in [0.2, 0.25) is 0 Å². The van der Waals surface area contributed by atoms with Crippen LogP contribution in [0, 0.1) is 0 Å². The number of rotatable bonds is 7. The Morgan fingerprint density at radius 1 is 1.33 bits per heavy atom. The largest absolute Gasteiger partial charge is 0.396 e. The van der Waals surface area contributed by atoms with Crippen molar-refractivity contribution in [1.82, 2.24) is 0 Å². The molecule has 1 aliphatic heterocycles. The summed E-state index contributed by atoms with van der Waals surface area (Å²) in [4.78, 5) is 12.7. The lowest BCUT2D eigenvalue weighted by atomic mass is 9.81. The predicted molar refractivity (Wildman–Crippen MR) is 83.2 cm³/mol. The summed E-state index contributed by atoms with van der Waals surface area (Å²) >= 11 is 0. The van der Waals surface area contributed by atoms with Crippen molar-refractivity contribution in [3.05, 3.63) is 12.2 Å². The summed E-state index contributed by atoms with van der Waals surface area (Å²) in [7, 11) is 1.77. The van der Waals surface area contributed by atoms with Crippen LogP contribution in [0.3, 0.4) is 0 Å². The van der Waals surface area contributed by atoms with E-state index in [1.54, 1.807) is 21.1 Å². The molecule has 0 saturated carbocycles. The van der Waals surface area contributed by atoms with Crippen LogP contribution in [-0.4, -0.2) is 51.6 Å². The summed E-state index contributed by atoms with van der Waals surface area (Å²) in [6.07, 6.45) is 2.26. The fraction of sp³-hybridized carbons (Fsp3) is 0.800. The van der Waals surface area contributed by atoms with Gasteiger partial charge in [0.05, 0.1) is 0 Å². The van der Waals surface area contributed by atoms with Crippen molar-refractivity contribution >= 4 is 14.3 Å². The first-order chi connectivity index (χ1) is 9.80. The molecule has 2 unspecified atom stereocenters. The van der Waals surface area contributed by atoms with Gasteiger partial charge in [-0.15, -0.1) is 0 Å². The Morgan fingerprint density at radius 2 is 1.90 bits per heavy atom. The molecule has 1 rings (SSSR count). The highest BCUT2D eigenvalue weighted by Crippen LogP contribution is 2.49. The number of carbonyl (C=O) groups is 1. The summed E-state index contributed by atoms with van der Waals surface area (Å²) in [5.41, 5.74) is -1.31. The highest BCUT2D eigenvalue weighted by molar-refractivity contribution is 6.71. The van der Waals surface area contributed by atoms with Gasteiger partial charge in [-0.3, -0.25) is 4.79 Å². The lowest BCUT2D eigenvalue weighted by Crippen LogP contribution is -2.78. The maximum Gasteiger partial charge on any atom is 0.374 e. The number of ketones is 1. The van der Waals surface area contributed by atoms with Crippen LogP contribution in [0.1, 0.15) is 39.5 Å². The van der Waals surface area contributed by atoms with E-state index < -0.39 is 19.4 Å². The van der Waals surface area contributed by atoms with E-state index in [2.05, 4.69) is 6.58 Å². The molecule has 2 atom stereocenters. The Labute approximate surface area is 128 Å². The SMILES string of the molecule is C=C(C)C(=O)C1(O)CCC[Si](OC)(OC)C1(CCC)OC. The van der Waals surface area contributed by atoms with Crippen LogP contribution in [0.4, 0.5) is 0 Å². The highest BCUT2D eigenvalue weighted by atomic mass is 28.4. The van der Waals surface area contributed by atoms with E-state index in [1.165, 1.54) is 7.11 Å². The molecule has 21 heavy (non-hydrogen) atoms. The van der Waals surface area contributed by atoms with Gasteiger partial charge >= 0.3 is 8.56 Å². The Hall–Kier alpha value is -0.533. The minimum atomic E-state index is -2.91. The zero-order chi connectivity index (χ0) is 16.3. The van der Waals surface area contributed by atoms with Crippen molar-refractivity contribution in [2.24, 2.45) is 0 Å². The molecule has 0 bridgehead atoms. The molecule has 122 valence electrons. The van der Waals surface area contributed by atoms with Crippen molar-refractivity contribution in [2.75, 3.05) is 21.3 Å². The lowest BCUT2D eigenvalue weighted by molar-refractivity contribution is -0.175. The molecule has 0 radical (unpaired) electrons. The minimum absolute atomic E-state index is 0.326. The van der Waals surface area contributed by atoms with Crippen molar-refractivity contribution in [1.29, 1.82) is 0 Å². The quantitative estimate of drug-likeness (QED) is 0.576. The third-order valence-electron chi connectivity index (χ3n) is 4.70. The minimum Gasteiger partial charge on any atom is -0.396 e. The Kier molecular flexibility index (Phi) is 5.91. The molecule has 0 aromatic rings. The van der Waals surface area contributed by atoms with Gasteiger partial charge in [0.1, 0.15) is 5.22 Å². The number of carbonyl (C=O) groups excluding carboxylic acids is 1. The second-order valence-electron chi connectivity index (χ2n) is 5.77. The molecule has 0 aliphatic carbocycles. The Morgan fingerprint density at radius 3 is 2.29 bits per heavy atom. The first-order valence-electron chi connectivity index (χ1n) is 7.39. The van der Waals surface area contributed by atoms with E-state index in [-0.39, 0.29) is 5.78 Å². The van der Waals surface area contributed by atoms with Crippen molar-refractivity contribution < 1.29 is 23.5 Å². The molecule has 0 aromatic heterocycles. The number of methoxy groups -OCH3 is 1. The van der Waals surface area contributed by atoms with E-state index in [1.807, 2.05) is 6.92 Å². The van der Waals surface area contributed by atoms with Crippen molar-refractivity contribution in [3.8, 4) is 0 Å². The van der Waals surface area contributed by atoms with Gasteiger partial charge in [-0.05, 0) is 37.8 Å². The summed E-state index contributed by atoms with van der Waals surface area (Å²) in [5, 5.41) is 10.2. The molecule has 1 N–H and O–H groups in total. The molecule has 5 nitrogen and oxygen atoms in total. The molecule has 1 heterocycles. The van der Waals surface area contributed by atoms with Gasteiger partial charge in [0.15, 0.2) is 11.4 Å². The first kappa shape index (κ1) is 18.5. The van der Waals surface area contributed by atoms with Crippen LogP contribution in [0.5, 0.6) is 0 Å². The van der Waals surface area contributed by atoms with Gasteiger partial charge in [-0.25, -0.2) is 0 Å². The van der Waals surface area contributed by atoms with Crippen molar-refractivity contribution in [3.63, 3.8) is 0 Å². The second kappa shape index (κ2) is 6.70. The van der Waals surface area contributed by atoms with Gasteiger partial charge < -0.3 is 18.7 Å². The molecule has 0 amide bonds. The van der Waals surface area contributed by atoms with Gasteiger partial charge in [0.25, 0.3) is 0 Å². The number of aliphatic hydroxyl groups is 1. The first-order valence-corrected chi connectivity index (χ1v) is 9.41. The molecule has 1 aliphatic rings. The molecule has 0 spiro atoms. The van der Waals surface area contributed by atoms with Crippen LogP contribution < -0.4 is 0 Å². The third-order valence-corrected chi connectivity index (χ3v) is 9.13. The molecule has 1 fully saturated rings. The van der Waals surface area contributed by atoms with E-state index >= 15 is 0 Å². The zero-order valence-corrected chi connectivity index (χ0v) is 14.8. The molecule has 6 heteroatoms. The molecule has 1 saturated heterocycles. The average Bonchev–Trinajstić information content (AvgIpc) is 2.48. The third kappa shape index (κ3) is 2.53. The summed E-state index contributed by atoms with van der Waals surface area (Å²) < 4.78 is 17.3. The maximum atomic E-state index is 12.7. The number of Topliss-reactive ketones (excluding diaryl/α,β-unsaturated/α-hetero) is 1. The summed E-state index contributed by atoms with van der Waals surface area (Å²) in [6, 6.07) is 0.694. The second-order valence-corrected chi connectivity index (χ2v) is 9.40. The van der Waals surface area contributed by atoms with E-state index in [0.717, 1.165) is 6.42 Å². The van der Waals surface area contributed by atoms with E-state index in [4.69, 9.17) is 13.6 Å². The van der Waals surface area contributed by atoms with E-state index in [9.17, 15) is 9.90 Å². The van der Waals surface area contributed by atoms with Gasteiger partial charge in [-0.2, -0.15) is 0 Å². The number of hydrogen-bond acceptors (Lipinski definition) is 5. The van der Waals surface area contributed by atoms with E-state index in [0.29, 0.717) is 30.9 Å². The molecular weight excluding hydrogens is 288 g/mol. The van der Waals surface area contributed by atoms with Crippen LogP contribution in [0.15, 0.2) is 12.2 Å². The smallest absolute Gasteiger partial charge is 0.374 e. The number of ether oxygens (including phenoxy) is 1. The van der Waals surface area contributed by atoms with Gasteiger partial charge in [-0.1, -0.05) is 19.9 Å². The monoisotopic (exact) mass is 316 g/mol. The zero-order valence-electron chi connectivity index (χ0n) is 13.8. The van der Waals surface area contributed by atoms with Crippen LogP contribution in [0.25, 0.3) is 0 Å². The summed E-state index contributed by atoms with van der Waals surface area (Å²) in [5.74, 6) is -0.372. The standard InChI is InChI=1S/C15H28O5Si/c1-7-9-15(18-4)14(17,13(16)12(2)3)10-8-11-21(15,19-5)20-6/h17H,2,7-11H2,1,3-6H3. The fourth-order valence-electron chi connectivity index (χ4n) is 3.74. The number of hydrogen-bond donors (Lipinski definition) is 1. The van der Waals surface area contributed by atoms with Gasteiger partial charge in [0, 0.05) is 21.3 Å². The molecular formula is C15H28O5Si. The predicted octanol–water partition coefficient (Wildman–Crippen LogP) is 2.12. The van der Waals surface area contributed by atoms with Crippen LogP contribution in [0.2, 0.25) is 6.04 Å². The lowest BCUT2D eigenvalue weighted by Gasteiger charge is -2.55. The Balaban J connectivity index is 3.54. The topological polar surface area (TPSA) is 65.0 Å².